The number of nitrogens with one attached hydrogen (secondary N) is 1. The molecule has 1 fully saturated rings. The summed E-state index contributed by atoms with van der Waals surface area (Å²) >= 11 is 0. The van der Waals surface area contributed by atoms with Gasteiger partial charge in [-0.25, -0.2) is 0 Å². The Morgan fingerprint density at radius 3 is 2.05 bits per heavy atom. The van der Waals surface area contributed by atoms with Crippen LogP contribution < -0.4 is 5.32 Å². The van der Waals surface area contributed by atoms with Crippen molar-refractivity contribution in [2.75, 3.05) is 0 Å². The van der Waals surface area contributed by atoms with Crippen molar-refractivity contribution < 1.29 is 22.8 Å². The number of amides is 1. The Balaban J connectivity index is 2.80. The lowest BCUT2D eigenvalue weighted by molar-refractivity contribution is -0.175. The predicted octanol–water partition coefficient (Wildman–Crippen LogP) is 2.84. The van der Waals surface area contributed by atoms with Crippen molar-refractivity contribution in [3.8, 4) is 0 Å². The SMILES string of the molecule is CC(C)C(=O)[C@H](NC(=O)C(F)(F)F)C1CCCCC1. The van der Waals surface area contributed by atoms with Crippen molar-refractivity contribution in [1.82, 2.24) is 5.32 Å². The molecule has 1 N–H and O–H groups in total. The summed E-state index contributed by atoms with van der Waals surface area (Å²) in [5, 5.41) is 1.89. The molecule has 0 aromatic heterocycles. The first-order valence-corrected chi connectivity index (χ1v) is 6.65. The first kappa shape index (κ1) is 16.0. The number of alkyl halides is 3. The van der Waals surface area contributed by atoms with E-state index in [0.29, 0.717) is 12.8 Å². The monoisotopic (exact) mass is 279 g/mol. The fourth-order valence-corrected chi connectivity index (χ4v) is 2.47. The van der Waals surface area contributed by atoms with Crippen molar-refractivity contribution in [2.24, 2.45) is 11.8 Å². The summed E-state index contributed by atoms with van der Waals surface area (Å²) in [6.45, 7) is 3.27. The van der Waals surface area contributed by atoms with Crippen molar-refractivity contribution >= 4 is 11.7 Å². The molecule has 1 amide bonds. The molecule has 1 saturated carbocycles. The van der Waals surface area contributed by atoms with E-state index in [1.807, 2.05) is 5.32 Å². The van der Waals surface area contributed by atoms with Gasteiger partial charge in [-0.2, -0.15) is 13.2 Å². The molecule has 6 heteroatoms. The molecule has 3 nitrogen and oxygen atoms in total. The van der Waals surface area contributed by atoms with Gasteiger partial charge in [0, 0.05) is 5.92 Å². The molecule has 0 unspecified atom stereocenters. The van der Waals surface area contributed by atoms with E-state index in [4.69, 9.17) is 0 Å². The highest BCUT2D eigenvalue weighted by Gasteiger charge is 2.42. The second-order valence-electron chi connectivity index (χ2n) is 5.40. The Labute approximate surface area is 110 Å². The van der Waals surface area contributed by atoms with Gasteiger partial charge in [0.25, 0.3) is 0 Å². The van der Waals surface area contributed by atoms with Crippen molar-refractivity contribution in [3.63, 3.8) is 0 Å². The highest BCUT2D eigenvalue weighted by molar-refractivity contribution is 5.92. The average Bonchev–Trinajstić information content (AvgIpc) is 2.34. The van der Waals surface area contributed by atoms with Crippen LogP contribution in [0.5, 0.6) is 0 Å². The van der Waals surface area contributed by atoms with Gasteiger partial charge in [0.2, 0.25) is 0 Å². The van der Waals surface area contributed by atoms with Crippen LogP contribution in [0.4, 0.5) is 13.2 Å². The van der Waals surface area contributed by atoms with Gasteiger partial charge in [0.15, 0.2) is 5.78 Å². The normalized spacial score (nSPS) is 19.3. The van der Waals surface area contributed by atoms with Crippen LogP contribution >= 0.6 is 0 Å². The van der Waals surface area contributed by atoms with E-state index in [-0.39, 0.29) is 17.6 Å². The van der Waals surface area contributed by atoms with Gasteiger partial charge < -0.3 is 5.32 Å². The molecule has 1 atom stereocenters. The minimum atomic E-state index is -4.94. The second-order valence-corrected chi connectivity index (χ2v) is 5.40. The number of ketones is 1. The lowest BCUT2D eigenvalue weighted by atomic mass is 9.80. The number of halogens is 3. The maximum Gasteiger partial charge on any atom is 0.471 e. The van der Waals surface area contributed by atoms with E-state index in [1.54, 1.807) is 13.8 Å². The van der Waals surface area contributed by atoms with Crippen molar-refractivity contribution in [1.29, 1.82) is 0 Å². The van der Waals surface area contributed by atoms with Crippen LogP contribution in [-0.2, 0) is 9.59 Å². The van der Waals surface area contributed by atoms with Gasteiger partial charge in [0.05, 0.1) is 6.04 Å². The molecule has 19 heavy (non-hydrogen) atoms. The van der Waals surface area contributed by atoms with E-state index in [1.165, 1.54) is 0 Å². The van der Waals surface area contributed by atoms with Gasteiger partial charge in [-0.1, -0.05) is 33.1 Å². The quantitative estimate of drug-likeness (QED) is 0.860. The third-order valence-electron chi connectivity index (χ3n) is 3.54. The number of Topliss-reactive ketones (excluding diaryl/α,β-unsaturated/α-hetero) is 1. The van der Waals surface area contributed by atoms with Crippen LogP contribution in [0.25, 0.3) is 0 Å². The second kappa shape index (κ2) is 6.39. The molecule has 110 valence electrons. The lowest BCUT2D eigenvalue weighted by Gasteiger charge is -2.31. The number of hydrogen-bond donors (Lipinski definition) is 1. The van der Waals surface area contributed by atoms with Gasteiger partial charge in [0.1, 0.15) is 0 Å². The minimum Gasteiger partial charge on any atom is -0.338 e. The third-order valence-corrected chi connectivity index (χ3v) is 3.54. The number of carbonyl (C=O) groups excluding carboxylic acids is 2. The zero-order valence-corrected chi connectivity index (χ0v) is 11.2. The Morgan fingerprint density at radius 2 is 1.63 bits per heavy atom. The molecule has 1 aliphatic carbocycles. The van der Waals surface area contributed by atoms with Gasteiger partial charge in [-0.3, -0.25) is 9.59 Å². The molecule has 0 radical (unpaired) electrons. The van der Waals surface area contributed by atoms with E-state index in [0.717, 1.165) is 19.3 Å². The summed E-state index contributed by atoms with van der Waals surface area (Å²) in [5.41, 5.74) is 0. The lowest BCUT2D eigenvalue weighted by Crippen LogP contribution is -2.51. The van der Waals surface area contributed by atoms with E-state index < -0.39 is 18.1 Å². The largest absolute Gasteiger partial charge is 0.471 e. The molecule has 0 heterocycles. The summed E-state index contributed by atoms with van der Waals surface area (Å²) in [6.07, 6.45) is -0.720. The maximum absolute atomic E-state index is 12.3. The molecule has 0 aromatic carbocycles. The van der Waals surface area contributed by atoms with Gasteiger partial charge in [-0.15, -0.1) is 0 Å². The molecule has 0 bridgehead atoms. The van der Waals surface area contributed by atoms with Crippen molar-refractivity contribution in [3.05, 3.63) is 0 Å². The van der Waals surface area contributed by atoms with E-state index in [2.05, 4.69) is 0 Å². The molecule has 0 aliphatic heterocycles. The smallest absolute Gasteiger partial charge is 0.338 e. The van der Waals surface area contributed by atoms with Crippen LogP contribution in [0.15, 0.2) is 0 Å². The molecule has 0 spiro atoms. The molecular weight excluding hydrogens is 259 g/mol. The molecule has 0 aromatic rings. The minimum absolute atomic E-state index is 0.171. The first-order valence-electron chi connectivity index (χ1n) is 6.65. The first-order chi connectivity index (χ1) is 8.73. The van der Waals surface area contributed by atoms with Crippen LogP contribution in [0.3, 0.4) is 0 Å². The zero-order valence-electron chi connectivity index (χ0n) is 11.2. The summed E-state index contributed by atoms with van der Waals surface area (Å²) in [7, 11) is 0. The highest BCUT2D eigenvalue weighted by Crippen LogP contribution is 2.28. The zero-order chi connectivity index (χ0) is 14.6. The van der Waals surface area contributed by atoms with Crippen LogP contribution in [0.2, 0.25) is 0 Å². The Kier molecular flexibility index (Phi) is 5.38. The predicted molar refractivity (Wildman–Crippen MR) is 64.4 cm³/mol. The Bertz CT molecular complexity index is 333. The standard InChI is InChI=1S/C13H20F3NO2/c1-8(2)11(18)10(9-6-4-3-5-7-9)17-12(19)13(14,15)16/h8-10H,3-7H2,1-2H3,(H,17,19)/t10-/m1/s1. The van der Waals surface area contributed by atoms with Gasteiger partial charge in [-0.05, 0) is 18.8 Å². The molecule has 1 rings (SSSR count). The molecule has 1 aliphatic rings. The fourth-order valence-electron chi connectivity index (χ4n) is 2.47. The van der Waals surface area contributed by atoms with Gasteiger partial charge >= 0.3 is 12.1 Å². The summed E-state index contributed by atoms with van der Waals surface area (Å²) in [4.78, 5) is 23.1. The van der Waals surface area contributed by atoms with E-state index in [9.17, 15) is 22.8 Å². The maximum atomic E-state index is 12.3. The summed E-state index contributed by atoms with van der Waals surface area (Å²) in [5.74, 6) is -2.89. The number of carbonyl (C=O) groups is 2. The Hall–Kier alpha value is -1.07. The number of rotatable bonds is 4. The number of hydrogen-bond acceptors (Lipinski definition) is 2. The van der Waals surface area contributed by atoms with Crippen LogP contribution in [0.1, 0.15) is 46.0 Å². The average molecular weight is 279 g/mol. The Morgan fingerprint density at radius 1 is 1.11 bits per heavy atom. The van der Waals surface area contributed by atoms with Crippen molar-refractivity contribution in [2.45, 2.75) is 58.2 Å². The third kappa shape index (κ3) is 4.51. The van der Waals surface area contributed by atoms with Crippen LogP contribution in [0, 0.1) is 11.8 Å². The van der Waals surface area contributed by atoms with E-state index >= 15 is 0 Å². The molecule has 0 saturated heterocycles. The fraction of sp³-hybridized carbons (Fsp3) is 0.846. The molecular formula is C13H20F3NO2. The summed E-state index contributed by atoms with van der Waals surface area (Å²) in [6, 6.07) is -1.01. The van der Waals surface area contributed by atoms with Crippen LogP contribution in [-0.4, -0.2) is 23.9 Å². The summed E-state index contributed by atoms with van der Waals surface area (Å²) < 4.78 is 37.0. The highest BCUT2D eigenvalue weighted by atomic mass is 19.4. The topological polar surface area (TPSA) is 46.2 Å².